The van der Waals surface area contributed by atoms with E-state index in [-0.39, 0.29) is 5.91 Å². The van der Waals surface area contributed by atoms with Crippen molar-refractivity contribution in [3.05, 3.63) is 46.4 Å². The highest BCUT2D eigenvalue weighted by molar-refractivity contribution is 7.12. The minimum absolute atomic E-state index is 0.374. The van der Waals surface area contributed by atoms with Crippen molar-refractivity contribution in [3.8, 4) is 5.69 Å². The van der Waals surface area contributed by atoms with E-state index >= 15 is 0 Å². The maximum atomic E-state index is 11.5. The monoisotopic (exact) mass is 397 g/mol. The lowest BCUT2D eigenvalue weighted by molar-refractivity contribution is 0.100. The van der Waals surface area contributed by atoms with E-state index in [0.29, 0.717) is 4.88 Å². The second-order valence-corrected chi connectivity index (χ2v) is 8.38. The predicted molar refractivity (Wildman–Crippen MR) is 118 cm³/mol. The van der Waals surface area contributed by atoms with Crippen LogP contribution in [0.1, 0.15) is 80.2 Å². The van der Waals surface area contributed by atoms with E-state index in [0.717, 1.165) is 35.4 Å². The van der Waals surface area contributed by atoms with Crippen molar-refractivity contribution < 1.29 is 4.79 Å². The van der Waals surface area contributed by atoms with Crippen LogP contribution in [0.4, 0.5) is 0 Å². The maximum absolute atomic E-state index is 11.5. The highest BCUT2D eigenvalue weighted by atomic mass is 32.1. The molecule has 0 saturated carbocycles. The normalized spacial score (nSPS) is 11.3. The van der Waals surface area contributed by atoms with Crippen LogP contribution in [0.15, 0.2) is 35.7 Å². The third kappa shape index (κ3) is 5.22. The fourth-order valence-electron chi connectivity index (χ4n) is 3.70. The van der Waals surface area contributed by atoms with E-state index in [2.05, 4.69) is 17.6 Å². The minimum Gasteiger partial charge on any atom is -0.365 e. The Morgan fingerprint density at radius 3 is 2.39 bits per heavy atom. The van der Waals surface area contributed by atoms with Gasteiger partial charge in [0.15, 0.2) is 0 Å². The molecule has 1 aromatic carbocycles. The number of unbranched alkanes of at least 4 members (excludes halogenated alkanes) is 8. The van der Waals surface area contributed by atoms with Gasteiger partial charge >= 0.3 is 0 Å². The van der Waals surface area contributed by atoms with E-state index in [1.165, 1.54) is 62.7 Å². The Kier molecular flexibility index (Phi) is 7.66. The second-order valence-electron chi connectivity index (χ2n) is 7.46. The molecule has 2 aromatic heterocycles. The summed E-state index contributed by atoms with van der Waals surface area (Å²) in [5, 5.41) is 1.99. The first-order chi connectivity index (χ1) is 13.7. The van der Waals surface area contributed by atoms with Gasteiger partial charge < -0.3 is 5.73 Å². The summed E-state index contributed by atoms with van der Waals surface area (Å²) < 4.78 is 2.18. The Bertz CT molecular complexity index is 896. The van der Waals surface area contributed by atoms with E-state index < -0.39 is 0 Å². The van der Waals surface area contributed by atoms with Gasteiger partial charge in [-0.05, 0) is 24.6 Å². The summed E-state index contributed by atoms with van der Waals surface area (Å²) in [6.07, 6.45) is 12.8. The van der Waals surface area contributed by atoms with Gasteiger partial charge in [-0.25, -0.2) is 4.98 Å². The Balaban J connectivity index is 1.62. The van der Waals surface area contributed by atoms with Crippen molar-refractivity contribution in [1.29, 1.82) is 0 Å². The molecule has 0 spiro atoms. The number of rotatable bonds is 12. The number of aromatic nitrogens is 2. The highest BCUT2D eigenvalue weighted by Crippen LogP contribution is 2.26. The Hall–Kier alpha value is -2.14. The lowest BCUT2D eigenvalue weighted by Gasteiger charge is -2.07. The third-order valence-electron chi connectivity index (χ3n) is 5.22. The number of nitrogens with zero attached hydrogens (tertiary/aromatic N) is 2. The van der Waals surface area contributed by atoms with Gasteiger partial charge in [-0.15, -0.1) is 11.3 Å². The molecular weight excluding hydrogens is 366 g/mol. The third-order valence-corrected chi connectivity index (χ3v) is 6.15. The number of primary amides is 1. The molecule has 28 heavy (non-hydrogen) atoms. The van der Waals surface area contributed by atoms with E-state index in [1.807, 2.05) is 29.6 Å². The van der Waals surface area contributed by atoms with Crippen molar-refractivity contribution in [2.24, 2.45) is 5.73 Å². The summed E-state index contributed by atoms with van der Waals surface area (Å²) in [7, 11) is 0. The molecule has 0 unspecified atom stereocenters. The summed E-state index contributed by atoms with van der Waals surface area (Å²) in [5.74, 6) is 0.694. The number of hydrogen-bond acceptors (Lipinski definition) is 3. The van der Waals surface area contributed by atoms with Crippen molar-refractivity contribution in [2.75, 3.05) is 0 Å². The van der Waals surface area contributed by atoms with Crippen LogP contribution in [0.5, 0.6) is 0 Å². The zero-order chi connectivity index (χ0) is 19.8. The average molecular weight is 398 g/mol. The number of thiophene rings is 1. The van der Waals surface area contributed by atoms with Crippen molar-refractivity contribution in [1.82, 2.24) is 9.55 Å². The van der Waals surface area contributed by atoms with Crippen LogP contribution < -0.4 is 5.73 Å². The topological polar surface area (TPSA) is 60.9 Å². The lowest BCUT2D eigenvalue weighted by Crippen LogP contribution is -2.08. The summed E-state index contributed by atoms with van der Waals surface area (Å²) in [6.45, 7) is 2.26. The van der Waals surface area contributed by atoms with Crippen LogP contribution in [-0.4, -0.2) is 15.5 Å². The molecule has 4 nitrogen and oxygen atoms in total. The molecule has 3 rings (SSSR count). The number of fused-ring (bicyclic) bond motifs is 1. The Morgan fingerprint density at radius 1 is 1.04 bits per heavy atom. The summed E-state index contributed by atoms with van der Waals surface area (Å²) in [6, 6.07) is 10.1. The van der Waals surface area contributed by atoms with E-state index in [4.69, 9.17) is 10.7 Å². The molecule has 0 aliphatic heterocycles. The Labute approximate surface area is 171 Å². The molecule has 2 N–H and O–H groups in total. The van der Waals surface area contributed by atoms with Crippen LogP contribution in [0.3, 0.4) is 0 Å². The van der Waals surface area contributed by atoms with Gasteiger partial charge in [-0.3, -0.25) is 9.36 Å². The summed E-state index contributed by atoms with van der Waals surface area (Å²) >= 11 is 1.39. The smallest absolute Gasteiger partial charge is 0.258 e. The number of carbonyl (C=O) groups is 1. The first-order valence-electron chi connectivity index (χ1n) is 10.6. The quantitative estimate of drug-likeness (QED) is 0.367. The molecule has 0 radical (unpaired) electrons. The number of imidazole rings is 1. The van der Waals surface area contributed by atoms with E-state index in [1.54, 1.807) is 0 Å². The number of benzene rings is 1. The van der Waals surface area contributed by atoms with Crippen LogP contribution >= 0.6 is 11.3 Å². The second kappa shape index (κ2) is 10.4. The first kappa shape index (κ1) is 20.6. The molecule has 0 bridgehead atoms. The lowest BCUT2D eigenvalue weighted by atomic mass is 10.1. The molecule has 5 heteroatoms. The van der Waals surface area contributed by atoms with Gasteiger partial charge in [0.25, 0.3) is 5.91 Å². The molecule has 3 aromatic rings. The standard InChI is InChI=1S/C23H31N3OS/c1-2-3-4-5-6-7-8-9-10-15-22-25-19-13-11-12-14-20(19)26(22)18-16-21(23(24)27)28-17-18/h11-14,16-17H,2-10,15H2,1H3,(H2,24,27). The zero-order valence-electron chi connectivity index (χ0n) is 16.8. The van der Waals surface area contributed by atoms with Crippen molar-refractivity contribution in [2.45, 2.75) is 71.1 Å². The predicted octanol–water partition coefficient (Wildman–Crippen LogP) is 6.26. The number of para-hydroxylation sites is 2. The van der Waals surface area contributed by atoms with Crippen LogP contribution in [0, 0.1) is 0 Å². The van der Waals surface area contributed by atoms with Gasteiger partial charge in [0.2, 0.25) is 0 Å². The maximum Gasteiger partial charge on any atom is 0.258 e. The van der Waals surface area contributed by atoms with Crippen LogP contribution in [-0.2, 0) is 6.42 Å². The van der Waals surface area contributed by atoms with Gasteiger partial charge in [0.05, 0.1) is 21.6 Å². The fourth-order valence-corrected chi connectivity index (χ4v) is 4.42. The fraction of sp³-hybridized carbons (Fsp3) is 0.478. The summed E-state index contributed by atoms with van der Waals surface area (Å²) in [5.41, 5.74) is 8.51. The molecule has 0 fully saturated rings. The molecule has 1 amide bonds. The van der Waals surface area contributed by atoms with E-state index in [9.17, 15) is 4.79 Å². The average Bonchev–Trinajstić information content (AvgIpc) is 3.31. The number of carbonyl (C=O) groups excluding carboxylic acids is 1. The zero-order valence-corrected chi connectivity index (χ0v) is 17.6. The SMILES string of the molecule is CCCCCCCCCCCc1nc2ccccc2n1-c1csc(C(N)=O)c1. The number of nitrogens with two attached hydrogens (primary N) is 1. The largest absolute Gasteiger partial charge is 0.365 e. The molecular formula is C23H31N3OS. The van der Waals surface area contributed by atoms with Crippen LogP contribution in [0.2, 0.25) is 0 Å². The molecule has 2 heterocycles. The molecule has 150 valence electrons. The molecule has 0 aliphatic carbocycles. The number of amides is 1. The summed E-state index contributed by atoms with van der Waals surface area (Å²) in [4.78, 5) is 16.9. The first-order valence-corrected chi connectivity index (χ1v) is 11.4. The van der Waals surface area contributed by atoms with Gasteiger partial charge in [0, 0.05) is 11.8 Å². The van der Waals surface area contributed by atoms with Gasteiger partial charge in [-0.2, -0.15) is 0 Å². The number of hydrogen-bond donors (Lipinski definition) is 1. The van der Waals surface area contributed by atoms with Gasteiger partial charge in [-0.1, -0.05) is 70.4 Å². The number of aryl methyl sites for hydroxylation is 1. The van der Waals surface area contributed by atoms with Crippen molar-refractivity contribution >= 4 is 28.3 Å². The molecule has 0 aliphatic rings. The molecule has 0 atom stereocenters. The van der Waals surface area contributed by atoms with Gasteiger partial charge in [0.1, 0.15) is 5.82 Å². The van der Waals surface area contributed by atoms with Crippen molar-refractivity contribution in [3.63, 3.8) is 0 Å². The highest BCUT2D eigenvalue weighted by Gasteiger charge is 2.14. The molecule has 0 saturated heterocycles. The van der Waals surface area contributed by atoms with Crippen LogP contribution in [0.25, 0.3) is 16.7 Å². The Morgan fingerprint density at radius 2 is 1.71 bits per heavy atom. The minimum atomic E-state index is -0.374.